The second-order valence-corrected chi connectivity index (χ2v) is 8.38. The number of sulfonamides is 1. The number of nitrogens with zero attached hydrogens (tertiary/aromatic N) is 1. The molecule has 2 aromatic rings. The third-order valence-electron chi connectivity index (χ3n) is 3.68. The largest absolute Gasteiger partial charge is 0.550 e. The first-order chi connectivity index (χ1) is 11.3. The van der Waals surface area contributed by atoms with Crippen molar-refractivity contribution in [2.75, 3.05) is 13.6 Å². The lowest BCUT2D eigenvalue weighted by Crippen LogP contribution is -2.34. The van der Waals surface area contributed by atoms with Crippen LogP contribution < -0.4 is 5.11 Å². The predicted molar refractivity (Wildman–Crippen MR) is 92.8 cm³/mol. The zero-order valence-electron chi connectivity index (χ0n) is 13.1. The molecular formula is C17H17BrNO4S-. The summed E-state index contributed by atoms with van der Waals surface area (Å²) in [7, 11) is -2.25. The fourth-order valence-electron chi connectivity index (χ4n) is 2.41. The van der Waals surface area contributed by atoms with Gasteiger partial charge in [-0.1, -0.05) is 46.3 Å². The van der Waals surface area contributed by atoms with Gasteiger partial charge >= 0.3 is 0 Å². The number of rotatable bonds is 7. The second kappa shape index (κ2) is 7.92. The first-order valence-electron chi connectivity index (χ1n) is 7.27. The third kappa shape index (κ3) is 4.66. The van der Waals surface area contributed by atoms with E-state index >= 15 is 0 Å². The molecule has 1 atom stereocenters. The molecule has 5 nitrogen and oxygen atoms in total. The van der Waals surface area contributed by atoms with Gasteiger partial charge in [-0.3, -0.25) is 0 Å². The topological polar surface area (TPSA) is 77.5 Å². The normalized spacial score (nSPS) is 13.0. The molecule has 24 heavy (non-hydrogen) atoms. The van der Waals surface area contributed by atoms with Gasteiger partial charge in [0.15, 0.2) is 0 Å². The van der Waals surface area contributed by atoms with Crippen LogP contribution in [-0.4, -0.2) is 32.3 Å². The zero-order chi connectivity index (χ0) is 17.7. The number of likely N-dealkylation sites (N-methyl/N-ethyl adjacent to an activating group) is 1. The van der Waals surface area contributed by atoms with E-state index in [2.05, 4.69) is 15.9 Å². The Balaban J connectivity index is 2.24. The van der Waals surface area contributed by atoms with E-state index in [0.717, 1.165) is 10.0 Å². The van der Waals surface area contributed by atoms with E-state index in [-0.39, 0.29) is 17.9 Å². The Hall–Kier alpha value is -1.70. The summed E-state index contributed by atoms with van der Waals surface area (Å²) in [5.74, 6) is -1.69. The SMILES string of the molecule is CN(C[C@H](CC(=O)[O-])c1ccccc1)S(=O)(=O)c1ccc(Br)cc1. The van der Waals surface area contributed by atoms with E-state index < -0.39 is 21.9 Å². The standard InChI is InChI=1S/C17H18BrNO4S/c1-19(24(22,23)16-9-7-15(18)8-10-16)12-14(11-17(20)21)13-5-3-2-4-6-13/h2-10,14H,11-12H2,1H3,(H,20,21)/p-1/t14-/m0/s1. The molecule has 0 bridgehead atoms. The number of carbonyl (C=O) groups excluding carboxylic acids is 1. The highest BCUT2D eigenvalue weighted by Crippen LogP contribution is 2.24. The monoisotopic (exact) mass is 410 g/mol. The van der Waals surface area contributed by atoms with E-state index in [9.17, 15) is 18.3 Å². The Morgan fingerprint density at radius 3 is 2.25 bits per heavy atom. The van der Waals surface area contributed by atoms with Crippen LogP contribution in [0.1, 0.15) is 17.9 Å². The lowest BCUT2D eigenvalue weighted by atomic mass is 9.96. The summed E-state index contributed by atoms with van der Waals surface area (Å²) in [4.78, 5) is 11.2. The fraction of sp³-hybridized carbons (Fsp3) is 0.235. The van der Waals surface area contributed by atoms with Crippen molar-refractivity contribution >= 4 is 31.9 Å². The molecule has 2 aromatic carbocycles. The van der Waals surface area contributed by atoms with Crippen LogP contribution in [0.5, 0.6) is 0 Å². The Labute approximate surface area is 150 Å². The van der Waals surface area contributed by atoms with Crippen molar-refractivity contribution in [1.29, 1.82) is 0 Å². The Morgan fingerprint density at radius 1 is 1.12 bits per heavy atom. The minimum Gasteiger partial charge on any atom is -0.550 e. The van der Waals surface area contributed by atoms with Crippen molar-refractivity contribution in [3.63, 3.8) is 0 Å². The molecule has 0 N–H and O–H groups in total. The van der Waals surface area contributed by atoms with Gasteiger partial charge in [0.2, 0.25) is 10.0 Å². The number of aliphatic carboxylic acids is 1. The van der Waals surface area contributed by atoms with Gasteiger partial charge in [-0.15, -0.1) is 0 Å². The molecule has 128 valence electrons. The van der Waals surface area contributed by atoms with Crippen molar-refractivity contribution < 1.29 is 18.3 Å². The average Bonchev–Trinajstić information content (AvgIpc) is 2.55. The number of hydrogen-bond donors (Lipinski definition) is 0. The molecule has 0 amide bonds. The maximum atomic E-state index is 12.6. The predicted octanol–water partition coefficient (Wildman–Crippen LogP) is 1.99. The van der Waals surface area contributed by atoms with Crippen molar-refractivity contribution in [2.45, 2.75) is 17.2 Å². The zero-order valence-corrected chi connectivity index (χ0v) is 15.5. The Kier molecular flexibility index (Phi) is 6.15. The number of carboxylic acid groups (broad SMARTS) is 1. The van der Waals surface area contributed by atoms with Gasteiger partial charge in [0, 0.05) is 30.0 Å². The molecule has 0 aromatic heterocycles. The molecule has 0 fully saturated rings. The molecule has 0 radical (unpaired) electrons. The molecule has 0 heterocycles. The molecule has 0 unspecified atom stereocenters. The van der Waals surface area contributed by atoms with Gasteiger partial charge < -0.3 is 9.90 Å². The summed E-state index contributed by atoms with van der Waals surface area (Å²) >= 11 is 3.27. The van der Waals surface area contributed by atoms with Crippen LogP contribution in [0.25, 0.3) is 0 Å². The van der Waals surface area contributed by atoms with Gasteiger partial charge in [-0.05, 0) is 36.2 Å². The third-order valence-corrected chi connectivity index (χ3v) is 6.05. The molecule has 0 saturated heterocycles. The van der Waals surface area contributed by atoms with Gasteiger partial charge in [0.25, 0.3) is 0 Å². The molecule has 0 aliphatic carbocycles. The lowest BCUT2D eigenvalue weighted by molar-refractivity contribution is -0.306. The molecule has 0 aliphatic heterocycles. The molecule has 0 aliphatic rings. The summed E-state index contributed by atoms with van der Waals surface area (Å²) < 4.78 is 27.2. The summed E-state index contributed by atoms with van der Waals surface area (Å²) in [5.41, 5.74) is 0.763. The van der Waals surface area contributed by atoms with E-state index in [0.29, 0.717) is 0 Å². The number of carbonyl (C=O) groups is 1. The summed E-state index contributed by atoms with van der Waals surface area (Å²) in [6.45, 7) is 0.0520. The number of benzene rings is 2. The van der Waals surface area contributed by atoms with Crippen molar-refractivity contribution in [2.24, 2.45) is 0 Å². The summed E-state index contributed by atoms with van der Waals surface area (Å²) in [6, 6.07) is 15.3. The highest BCUT2D eigenvalue weighted by molar-refractivity contribution is 9.10. The summed E-state index contributed by atoms with van der Waals surface area (Å²) in [6.07, 6.45) is -0.246. The Morgan fingerprint density at radius 2 is 1.71 bits per heavy atom. The number of hydrogen-bond acceptors (Lipinski definition) is 4. The highest BCUT2D eigenvalue weighted by Gasteiger charge is 2.24. The number of halogens is 1. The molecule has 0 spiro atoms. The van der Waals surface area contributed by atoms with Crippen LogP contribution in [0.4, 0.5) is 0 Å². The molecule has 7 heteroatoms. The quantitative estimate of drug-likeness (QED) is 0.698. The van der Waals surface area contributed by atoms with Crippen LogP contribution in [-0.2, 0) is 14.8 Å². The van der Waals surface area contributed by atoms with Gasteiger partial charge in [-0.25, -0.2) is 12.7 Å². The minimum absolute atomic E-state index is 0.0520. The smallest absolute Gasteiger partial charge is 0.242 e. The fourth-order valence-corrected chi connectivity index (χ4v) is 3.89. The van der Waals surface area contributed by atoms with Crippen LogP contribution in [0.2, 0.25) is 0 Å². The molecule has 2 rings (SSSR count). The first-order valence-corrected chi connectivity index (χ1v) is 9.50. The van der Waals surface area contributed by atoms with Crippen LogP contribution >= 0.6 is 15.9 Å². The van der Waals surface area contributed by atoms with Gasteiger partial charge in [0.1, 0.15) is 0 Å². The van der Waals surface area contributed by atoms with Crippen LogP contribution in [0.3, 0.4) is 0 Å². The van der Waals surface area contributed by atoms with E-state index in [1.807, 2.05) is 6.07 Å². The number of carboxylic acids is 1. The minimum atomic E-state index is -3.70. The maximum Gasteiger partial charge on any atom is 0.242 e. The lowest BCUT2D eigenvalue weighted by Gasteiger charge is -2.24. The van der Waals surface area contributed by atoms with Crippen LogP contribution in [0, 0.1) is 0 Å². The van der Waals surface area contributed by atoms with Crippen molar-refractivity contribution in [3.05, 3.63) is 64.6 Å². The van der Waals surface area contributed by atoms with E-state index in [1.54, 1.807) is 36.4 Å². The van der Waals surface area contributed by atoms with Gasteiger partial charge in [0.05, 0.1) is 4.90 Å². The summed E-state index contributed by atoms with van der Waals surface area (Å²) in [5, 5.41) is 11.0. The van der Waals surface area contributed by atoms with Gasteiger partial charge in [-0.2, -0.15) is 0 Å². The van der Waals surface area contributed by atoms with Crippen molar-refractivity contribution in [1.82, 2.24) is 4.31 Å². The van der Waals surface area contributed by atoms with Crippen molar-refractivity contribution in [3.8, 4) is 0 Å². The first kappa shape index (κ1) is 18.6. The van der Waals surface area contributed by atoms with E-state index in [1.165, 1.54) is 23.5 Å². The maximum absolute atomic E-state index is 12.6. The van der Waals surface area contributed by atoms with Crippen LogP contribution in [0.15, 0.2) is 64.0 Å². The molecular weight excluding hydrogens is 394 g/mol. The second-order valence-electron chi connectivity index (χ2n) is 5.42. The molecule has 0 saturated carbocycles. The van der Waals surface area contributed by atoms with E-state index in [4.69, 9.17) is 0 Å². The highest BCUT2D eigenvalue weighted by atomic mass is 79.9. The Bertz CT molecular complexity index is 791. The average molecular weight is 411 g/mol.